The Morgan fingerprint density at radius 1 is 1.24 bits per heavy atom. The summed E-state index contributed by atoms with van der Waals surface area (Å²) >= 11 is 0. The standard InChI is InChI=1S/C14H24N2.ClH/c1-10(2)8-13(15)12-7-6-11(3)9-14(12)16(4)5;/h6-7,9-10,13H,8,15H2,1-5H3;1H. The minimum atomic E-state index is 0. The molecule has 0 fully saturated rings. The molecule has 0 saturated heterocycles. The molecule has 0 bridgehead atoms. The van der Waals surface area contributed by atoms with Gasteiger partial charge in [0.05, 0.1) is 0 Å². The van der Waals surface area contributed by atoms with Crippen LogP contribution in [-0.2, 0) is 0 Å². The molecular formula is C14H25ClN2. The number of aryl methyl sites for hydroxylation is 1. The summed E-state index contributed by atoms with van der Waals surface area (Å²) in [5.74, 6) is 0.631. The van der Waals surface area contributed by atoms with Crippen molar-refractivity contribution in [2.24, 2.45) is 11.7 Å². The van der Waals surface area contributed by atoms with E-state index in [4.69, 9.17) is 5.73 Å². The van der Waals surface area contributed by atoms with Crippen molar-refractivity contribution in [1.82, 2.24) is 0 Å². The molecule has 2 nitrogen and oxygen atoms in total. The molecule has 1 aromatic rings. The summed E-state index contributed by atoms with van der Waals surface area (Å²) in [7, 11) is 4.14. The zero-order valence-electron chi connectivity index (χ0n) is 11.5. The van der Waals surface area contributed by atoms with E-state index in [0.717, 1.165) is 6.42 Å². The van der Waals surface area contributed by atoms with Crippen molar-refractivity contribution in [1.29, 1.82) is 0 Å². The van der Waals surface area contributed by atoms with Crippen molar-refractivity contribution >= 4 is 18.1 Å². The molecule has 1 rings (SSSR count). The Kier molecular flexibility index (Phi) is 6.58. The minimum Gasteiger partial charge on any atom is -0.377 e. The average molecular weight is 257 g/mol. The Morgan fingerprint density at radius 3 is 2.29 bits per heavy atom. The molecular weight excluding hydrogens is 232 g/mol. The maximum Gasteiger partial charge on any atom is 0.0412 e. The van der Waals surface area contributed by atoms with Gasteiger partial charge in [0, 0.05) is 25.8 Å². The molecule has 0 aliphatic heterocycles. The van der Waals surface area contributed by atoms with E-state index in [1.807, 2.05) is 0 Å². The first-order chi connectivity index (χ1) is 7.41. The SMILES string of the molecule is Cc1ccc(C(N)CC(C)C)c(N(C)C)c1.Cl. The third-order valence-corrected chi connectivity index (χ3v) is 2.79. The second kappa shape index (κ2) is 6.87. The maximum atomic E-state index is 6.26. The largest absolute Gasteiger partial charge is 0.377 e. The van der Waals surface area contributed by atoms with Crippen LogP contribution in [0.2, 0.25) is 0 Å². The summed E-state index contributed by atoms with van der Waals surface area (Å²) < 4.78 is 0. The van der Waals surface area contributed by atoms with E-state index < -0.39 is 0 Å². The second-order valence-corrected chi connectivity index (χ2v) is 5.19. The van der Waals surface area contributed by atoms with Gasteiger partial charge in [0.1, 0.15) is 0 Å². The van der Waals surface area contributed by atoms with E-state index in [9.17, 15) is 0 Å². The van der Waals surface area contributed by atoms with Crippen molar-refractivity contribution in [2.75, 3.05) is 19.0 Å². The lowest BCUT2D eigenvalue weighted by molar-refractivity contribution is 0.510. The number of benzene rings is 1. The number of halogens is 1. The Morgan fingerprint density at radius 2 is 1.82 bits per heavy atom. The topological polar surface area (TPSA) is 29.3 Å². The first kappa shape index (κ1) is 16.3. The molecule has 2 N–H and O–H groups in total. The molecule has 0 aliphatic rings. The first-order valence-corrected chi connectivity index (χ1v) is 5.95. The molecule has 0 aromatic heterocycles. The van der Waals surface area contributed by atoms with Crippen LogP contribution < -0.4 is 10.6 Å². The van der Waals surface area contributed by atoms with Crippen molar-refractivity contribution in [2.45, 2.75) is 33.2 Å². The summed E-state index contributed by atoms with van der Waals surface area (Å²) in [4.78, 5) is 2.14. The first-order valence-electron chi connectivity index (χ1n) is 5.95. The Bertz CT molecular complexity index is 348. The van der Waals surface area contributed by atoms with Crippen molar-refractivity contribution in [3.05, 3.63) is 29.3 Å². The van der Waals surface area contributed by atoms with E-state index >= 15 is 0 Å². The zero-order valence-corrected chi connectivity index (χ0v) is 12.3. The predicted octanol–water partition coefficient (Wildman–Crippen LogP) is 3.53. The number of anilines is 1. The third kappa shape index (κ3) is 4.57. The van der Waals surface area contributed by atoms with Gasteiger partial charge in [0.25, 0.3) is 0 Å². The number of nitrogens with two attached hydrogens (primary N) is 1. The van der Waals surface area contributed by atoms with Gasteiger partial charge in [-0.25, -0.2) is 0 Å². The molecule has 0 saturated carbocycles. The van der Waals surface area contributed by atoms with E-state index in [1.54, 1.807) is 0 Å². The van der Waals surface area contributed by atoms with E-state index in [1.165, 1.54) is 16.8 Å². The maximum absolute atomic E-state index is 6.26. The summed E-state index contributed by atoms with van der Waals surface area (Å²) in [5.41, 5.74) is 10.0. The van der Waals surface area contributed by atoms with Gasteiger partial charge in [-0.3, -0.25) is 0 Å². The van der Waals surface area contributed by atoms with Gasteiger partial charge in [0.2, 0.25) is 0 Å². The fourth-order valence-corrected chi connectivity index (χ4v) is 1.99. The molecule has 1 aromatic carbocycles. The van der Waals surface area contributed by atoms with Crippen LogP contribution >= 0.6 is 12.4 Å². The Hall–Kier alpha value is -0.730. The number of rotatable bonds is 4. The second-order valence-electron chi connectivity index (χ2n) is 5.19. The Labute approximate surface area is 112 Å². The number of hydrogen-bond donors (Lipinski definition) is 1. The van der Waals surface area contributed by atoms with Crippen LogP contribution in [0.25, 0.3) is 0 Å². The highest BCUT2D eigenvalue weighted by Crippen LogP contribution is 2.28. The van der Waals surface area contributed by atoms with Gasteiger partial charge in [-0.1, -0.05) is 26.0 Å². The minimum absolute atomic E-state index is 0. The molecule has 0 heterocycles. The molecule has 3 heteroatoms. The molecule has 98 valence electrons. The highest BCUT2D eigenvalue weighted by atomic mass is 35.5. The molecule has 0 spiro atoms. The van der Waals surface area contributed by atoms with Crippen LogP contribution in [0, 0.1) is 12.8 Å². The number of hydrogen-bond acceptors (Lipinski definition) is 2. The number of nitrogens with zero attached hydrogens (tertiary/aromatic N) is 1. The highest BCUT2D eigenvalue weighted by molar-refractivity contribution is 5.85. The third-order valence-electron chi connectivity index (χ3n) is 2.79. The van der Waals surface area contributed by atoms with Gasteiger partial charge in [-0.15, -0.1) is 12.4 Å². The lowest BCUT2D eigenvalue weighted by Crippen LogP contribution is -2.18. The smallest absolute Gasteiger partial charge is 0.0412 e. The fraction of sp³-hybridized carbons (Fsp3) is 0.571. The van der Waals surface area contributed by atoms with Crippen LogP contribution in [0.4, 0.5) is 5.69 Å². The molecule has 1 unspecified atom stereocenters. The predicted molar refractivity (Wildman–Crippen MR) is 79.1 cm³/mol. The van der Waals surface area contributed by atoms with Gasteiger partial charge in [-0.05, 0) is 36.5 Å². The Balaban J connectivity index is 0.00000256. The van der Waals surface area contributed by atoms with Gasteiger partial charge in [-0.2, -0.15) is 0 Å². The van der Waals surface area contributed by atoms with Crippen LogP contribution in [-0.4, -0.2) is 14.1 Å². The molecule has 0 radical (unpaired) electrons. The summed E-state index contributed by atoms with van der Waals surface area (Å²) in [6, 6.07) is 6.65. The van der Waals surface area contributed by atoms with Gasteiger partial charge < -0.3 is 10.6 Å². The van der Waals surface area contributed by atoms with Gasteiger partial charge >= 0.3 is 0 Å². The van der Waals surface area contributed by atoms with Crippen LogP contribution in [0.1, 0.15) is 37.4 Å². The normalized spacial score (nSPS) is 12.2. The molecule has 0 aliphatic carbocycles. The van der Waals surface area contributed by atoms with Crippen LogP contribution in [0.5, 0.6) is 0 Å². The van der Waals surface area contributed by atoms with E-state index in [2.05, 4.69) is 58.0 Å². The lowest BCUT2D eigenvalue weighted by atomic mass is 9.95. The van der Waals surface area contributed by atoms with E-state index in [0.29, 0.717) is 5.92 Å². The van der Waals surface area contributed by atoms with Crippen molar-refractivity contribution in [3.63, 3.8) is 0 Å². The van der Waals surface area contributed by atoms with Crippen LogP contribution in [0.15, 0.2) is 18.2 Å². The van der Waals surface area contributed by atoms with E-state index in [-0.39, 0.29) is 18.4 Å². The zero-order chi connectivity index (χ0) is 12.3. The highest BCUT2D eigenvalue weighted by Gasteiger charge is 2.13. The summed E-state index contributed by atoms with van der Waals surface area (Å²) in [6.45, 7) is 6.54. The summed E-state index contributed by atoms with van der Waals surface area (Å²) in [5, 5.41) is 0. The van der Waals surface area contributed by atoms with Gasteiger partial charge in [0.15, 0.2) is 0 Å². The summed E-state index contributed by atoms with van der Waals surface area (Å²) in [6.07, 6.45) is 1.03. The van der Waals surface area contributed by atoms with Crippen LogP contribution in [0.3, 0.4) is 0 Å². The average Bonchev–Trinajstić information content (AvgIpc) is 2.16. The molecule has 17 heavy (non-hydrogen) atoms. The van der Waals surface area contributed by atoms with Crippen molar-refractivity contribution in [3.8, 4) is 0 Å². The monoisotopic (exact) mass is 256 g/mol. The van der Waals surface area contributed by atoms with Crippen molar-refractivity contribution < 1.29 is 0 Å². The molecule has 1 atom stereocenters. The fourth-order valence-electron chi connectivity index (χ4n) is 1.99. The lowest BCUT2D eigenvalue weighted by Gasteiger charge is -2.23. The quantitative estimate of drug-likeness (QED) is 0.893. The molecule has 0 amide bonds.